The SMILES string of the molecule is O=C(c1ccc(NCc2ccccc2F)nc1)N1CCN(c2ncccn2)CC1. The molecule has 1 aromatic carbocycles. The minimum atomic E-state index is -0.258. The molecular formula is C21H21FN6O. The van der Waals surface area contributed by atoms with Gasteiger partial charge in [0, 0.05) is 56.9 Å². The number of hydrogen-bond donors (Lipinski definition) is 1. The fraction of sp³-hybridized carbons (Fsp3) is 0.238. The first-order valence-corrected chi connectivity index (χ1v) is 9.45. The van der Waals surface area contributed by atoms with Gasteiger partial charge in [-0.2, -0.15) is 0 Å². The van der Waals surface area contributed by atoms with Crippen LogP contribution in [0.3, 0.4) is 0 Å². The van der Waals surface area contributed by atoms with Crippen molar-refractivity contribution in [3.63, 3.8) is 0 Å². The van der Waals surface area contributed by atoms with Crippen LogP contribution in [0.4, 0.5) is 16.2 Å². The predicted molar refractivity (Wildman–Crippen MR) is 108 cm³/mol. The van der Waals surface area contributed by atoms with Crippen molar-refractivity contribution in [1.82, 2.24) is 19.9 Å². The van der Waals surface area contributed by atoms with Gasteiger partial charge >= 0.3 is 0 Å². The highest BCUT2D eigenvalue weighted by atomic mass is 19.1. The van der Waals surface area contributed by atoms with Gasteiger partial charge in [0.1, 0.15) is 11.6 Å². The fourth-order valence-electron chi connectivity index (χ4n) is 3.20. The zero-order valence-electron chi connectivity index (χ0n) is 15.8. The Hall–Kier alpha value is -3.55. The van der Waals surface area contributed by atoms with Crippen molar-refractivity contribution >= 4 is 17.7 Å². The lowest BCUT2D eigenvalue weighted by atomic mass is 10.2. The van der Waals surface area contributed by atoms with Crippen molar-refractivity contribution in [3.8, 4) is 0 Å². The Morgan fingerprint density at radius 3 is 2.41 bits per heavy atom. The molecule has 1 aliphatic rings. The van der Waals surface area contributed by atoms with Gasteiger partial charge in [-0.3, -0.25) is 4.79 Å². The fourth-order valence-corrected chi connectivity index (χ4v) is 3.20. The number of nitrogens with one attached hydrogen (secondary N) is 1. The first-order valence-electron chi connectivity index (χ1n) is 9.45. The average molecular weight is 392 g/mol. The van der Waals surface area contributed by atoms with Crippen LogP contribution in [0.5, 0.6) is 0 Å². The van der Waals surface area contributed by atoms with Gasteiger partial charge in [0.15, 0.2) is 0 Å². The molecule has 1 saturated heterocycles. The van der Waals surface area contributed by atoms with E-state index in [0.29, 0.717) is 55.6 Å². The molecule has 4 rings (SSSR count). The molecule has 0 unspecified atom stereocenters. The summed E-state index contributed by atoms with van der Waals surface area (Å²) in [6.45, 7) is 2.90. The highest BCUT2D eigenvalue weighted by Gasteiger charge is 2.23. The van der Waals surface area contributed by atoms with Gasteiger partial charge in [-0.25, -0.2) is 19.3 Å². The van der Waals surface area contributed by atoms with Crippen molar-refractivity contribution < 1.29 is 9.18 Å². The predicted octanol–water partition coefficient (Wildman–Crippen LogP) is 2.59. The lowest BCUT2D eigenvalue weighted by Crippen LogP contribution is -2.49. The van der Waals surface area contributed by atoms with E-state index in [-0.39, 0.29) is 11.7 Å². The molecule has 0 aliphatic carbocycles. The number of rotatable bonds is 5. The molecule has 1 aliphatic heterocycles. The number of piperazine rings is 1. The molecule has 0 bridgehead atoms. The van der Waals surface area contributed by atoms with Crippen LogP contribution in [-0.4, -0.2) is 51.9 Å². The number of amides is 1. The summed E-state index contributed by atoms with van der Waals surface area (Å²) in [7, 11) is 0. The van der Waals surface area contributed by atoms with E-state index in [0.717, 1.165) is 0 Å². The number of carbonyl (C=O) groups excluding carboxylic acids is 1. The van der Waals surface area contributed by atoms with Gasteiger partial charge in [-0.1, -0.05) is 18.2 Å². The molecule has 2 aromatic heterocycles. The third kappa shape index (κ3) is 4.48. The van der Waals surface area contributed by atoms with Crippen LogP contribution in [-0.2, 0) is 6.54 Å². The van der Waals surface area contributed by atoms with Crippen LogP contribution < -0.4 is 10.2 Å². The number of nitrogens with zero attached hydrogens (tertiary/aromatic N) is 5. The second kappa shape index (κ2) is 8.64. The van der Waals surface area contributed by atoms with Crippen LogP contribution in [0.2, 0.25) is 0 Å². The van der Waals surface area contributed by atoms with Crippen molar-refractivity contribution in [2.45, 2.75) is 6.54 Å². The number of hydrogen-bond acceptors (Lipinski definition) is 6. The minimum Gasteiger partial charge on any atom is -0.366 e. The monoisotopic (exact) mass is 392 g/mol. The Balaban J connectivity index is 1.32. The van der Waals surface area contributed by atoms with Crippen LogP contribution >= 0.6 is 0 Å². The highest BCUT2D eigenvalue weighted by molar-refractivity contribution is 5.94. The number of carbonyl (C=O) groups is 1. The molecular weight excluding hydrogens is 371 g/mol. The Labute approximate surface area is 168 Å². The molecule has 7 nitrogen and oxygen atoms in total. The maximum absolute atomic E-state index is 13.7. The molecule has 1 amide bonds. The minimum absolute atomic E-state index is 0.0493. The molecule has 0 saturated carbocycles. The van der Waals surface area contributed by atoms with Gasteiger partial charge in [0.2, 0.25) is 5.95 Å². The third-order valence-corrected chi connectivity index (χ3v) is 4.83. The molecule has 3 aromatic rings. The van der Waals surface area contributed by atoms with Crippen molar-refractivity contribution in [2.75, 3.05) is 36.4 Å². The topological polar surface area (TPSA) is 74.2 Å². The molecule has 0 atom stereocenters. The smallest absolute Gasteiger partial charge is 0.255 e. The van der Waals surface area contributed by atoms with Crippen molar-refractivity contribution in [1.29, 1.82) is 0 Å². The zero-order valence-corrected chi connectivity index (χ0v) is 15.8. The van der Waals surface area contributed by atoms with E-state index < -0.39 is 0 Å². The first kappa shape index (κ1) is 18.8. The van der Waals surface area contributed by atoms with Gasteiger partial charge in [0.05, 0.1) is 5.56 Å². The lowest BCUT2D eigenvalue weighted by molar-refractivity contribution is 0.0746. The normalized spacial score (nSPS) is 14.0. The highest BCUT2D eigenvalue weighted by Crippen LogP contribution is 2.14. The summed E-state index contributed by atoms with van der Waals surface area (Å²) in [5.74, 6) is 0.973. The van der Waals surface area contributed by atoms with E-state index in [1.807, 2.05) is 4.90 Å². The molecule has 1 N–H and O–H groups in total. The van der Waals surface area contributed by atoms with Crippen LogP contribution in [0.25, 0.3) is 0 Å². The van der Waals surface area contributed by atoms with Gasteiger partial charge in [-0.05, 0) is 24.3 Å². The summed E-state index contributed by atoms with van der Waals surface area (Å²) in [4.78, 5) is 29.4. The van der Waals surface area contributed by atoms with Crippen molar-refractivity contribution in [2.24, 2.45) is 0 Å². The summed E-state index contributed by atoms with van der Waals surface area (Å²) in [6.07, 6.45) is 4.99. The number of anilines is 2. The standard InChI is InChI=1S/C21H21FN6O/c22-18-5-2-1-4-16(18)14-25-19-7-6-17(15-26-19)20(29)27-10-12-28(13-11-27)21-23-8-3-9-24-21/h1-9,15H,10-14H2,(H,25,26). The quantitative estimate of drug-likeness (QED) is 0.720. The van der Waals surface area contributed by atoms with Crippen LogP contribution in [0, 0.1) is 5.82 Å². The number of halogens is 1. The van der Waals surface area contributed by atoms with E-state index in [1.54, 1.807) is 55.0 Å². The molecule has 0 spiro atoms. The van der Waals surface area contributed by atoms with E-state index in [1.165, 1.54) is 6.07 Å². The molecule has 8 heteroatoms. The van der Waals surface area contributed by atoms with E-state index in [2.05, 4.69) is 25.2 Å². The Bertz CT molecular complexity index is 958. The second-order valence-electron chi connectivity index (χ2n) is 6.71. The maximum Gasteiger partial charge on any atom is 0.255 e. The number of benzene rings is 1. The van der Waals surface area contributed by atoms with E-state index >= 15 is 0 Å². The average Bonchev–Trinajstić information content (AvgIpc) is 2.79. The lowest BCUT2D eigenvalue weighted by Gasteiger charge is -2.34. The van der Waals surface area contributed by atoms with Crippen LogP contribution in [0.15, 0.2) is 61.1 Å². The summed E-state index contributed by atoms with van der Waals surface area (Å²) >= 11 is 0. The van der Waals surface area contributed by atoms with E-state index in [9.17, 15) is 9.18 Å². The summed E-state index contributed by atoms with van der Waals surface area (Å²) < 4.78 is 13.7. The Kier molecular flexibility index (Phi) is 5.60. The van der Waals surface area contributed by atoms with Crippen molar-refractivity contribution in [3.05, 3.63) is 78.0 Å². The largest absolute Gasteiger partial charge is 0.366 e. The zero-order chi connectivity index (χ0) is 20.1. The maximum atomic E-state index is 13.7. The van der Waals surface area contributed by atoms with E-state index in [4.69, 9.17) is 0 Å². The summed E-state index contributed by atoms with van der Waals surface area (Å²) in [5, 5.41) is 3.07. The molecule has 3 heterocycles. The number of aromatic nitrogens is 3. The molecule has 148 valence electrons. The Morgan fingerprint density at radius 1 is 0.966 bits per heavy atom. The molecule has 1 fully saturated rings. The van der Waals surface area contributed by atoms with Gasteiger partial charge in [-0.15, -0.1) is 0 Å². The summed E-state index contributed by atoms with van der Waals surface area (Å²) in [6, 6.07) is 11.9. The second-order valence-corrected chi connectivity index (χ2v) is 6.71. The number of pyridine rings is 1. The molecule has 29 heavy (non-hydrogen) atoms. The van der Waals surface area contributed by atoms with Crippen LogP contribution in [0.1, 0.15) is 15.9 Å². The third-order valence-electron chi connectivity index (χ3n) is 4.83. The van der Waals surface area contributed by atoms with Gasteiger partial charge in [0.25, 0.3) is 5.91 Å². The molecule has 0 radical (unpaired) electrons. The Morgan fingerprint density at radius 2 is 1.72 bits per heavy atom. The first-order chi connectivity index (χ1) is 14.2. The van der Waals surface area contributed by atoms with Gasteiger partial charge < -0.3 is 15.1 Å². The summed E-state index contributed by atoms with van der Waals surface area (Å²) in [5.41, 5.74) is 1.10.